The SMILES string of the molecule is CC(=O)SCC(=O)Nc1ccc(Cl)c(NC(=O)CC(=O)C(C)(C)C)c1.CC1C=C2NNC(CCCc3ccc(NC(=O)C(C)Oc4ccc(S(=O)(=O)c5ccc(O)cc5)cc4)cc3)N2N1. The molecule has 19 heteroatoms. The molecule has 65 heavy (non-hydrogen) atoms. The number of carbonyl (C=O) groups excluding carboxylic acids is 5. The molecule has 4 aromatic carbocycles. The van der Waals surface area contributed by atoms with Crippen molar-refractivity contribution in [2.75, 3.05) is 21.7 Å². The number of aromatic hydroxyl groups is 1. The summed E-state index contributed by atoms with van der Waals surface area (Å²) in [7, 11) is -3.74. The van der Waals surface area contributed by atoms with Gasteiger partial charge in [0, 0.05) is 29.8 Å². The molecule has 16 nitrogen and oxygen atoms in total. The highest BCUT2D eigenvalue weighted by Crippen LogP contribution is 2.28. The number of Topliss-reactive ketones (excluding diaryl/α,β-unsaturated/α-hetero) is 1. The maximum Gasteiger partial charge on any atom is 0.265 e. The summed E-state index contributed by atoms with van der Waals surface area (Å²) in [5.74, 6) is 0.112. The molecule has 2 aliphatic heterocycles. The number of nitrogens with zero attached hydrogens (tertiary/aromatic N) is 1. The molecule has 0 bridgehead atoms. The molecule has 0 spiro atoms. The second-order valence-electron chi connectivity index (χ2n) is 16.4. The van der Waals surface area contributed by atoms with Crippen molar-refractivity contribution in [3.05, 3.63) is 113 Å². The number of phenolic OH excluding ortho intramolecular Hbond substituents is 1. The number of amides is 3. The molecule has 1 saturated heterocycles. The van der Waals surface area contributed by atoms with Crippen LogP contribution in [0.3, 0.4) is 0 Å². The van der Waals surface area contributed by atoms with E-state index in [1.807, 2.05) is 24.3 Å². The van der Waals surface area contributed by atoms with Crippen LogP contribution in [0.25, 0.3) is 0 Å². The molecule has 6 rings (SSSR count). The van der Waals surface area contributed by atoms with Gasteiger partial charge < -0.3 is 31.2 Å². The van der Waals surface area contributed by atoms with E-state index < -0.39 is 27.3 Å². The predicted octanol–water partition coefficient (Wildman–Crippen LogP) is 6.94. The van der Waals surface area contributed by atoms with Crippen LogP contribution < -0.4 is 37.0 Å². The van der Waals surface area contributed by atoms with Crippen molar-refractivity contribution < 1.29 is 42.2 Å². The summed E-state index contributed by atoms with van der Waals surface area (Å²) >= 11 is 6.95. The Bertz CT molecular complexity index is 2500. The van der Waals surface area contributed by atoms with Crippen molar-refractivity contribution in [2.45, 2.75) is 95.3 Å². The molecule has 0 aromatic heterocycles. The van der Waals surface area contributed by atoms with Crippen molar-refractivity contribution >= 4 is 78.9 Å². The lowest BCUT2D eigenvalue weighted by Gasteiger charge is -2.23. The number of nitrogens with one attached hydrogen (secondary N) is 6. The summed E-state index contributed by atoms with van der Waals surface area (Å²) < 4.78 is 31.3. The average Bonchev–Trinajstić information content (AvgIpc) is 3.81. The van der Waals surface area contributed by atoms with E-state index in [2.05, 4.69) is 50.2 Å². The van der Waals surface area contributed by atoms with Crippen molar-refractivity contribution in [1.29, 1.82) is 0 Å². The lowest BCUT2D eigenvalue weighted by Crippen LogP contribution is -2.44. The quantitative estimate of drug-likeness (QED) is 0.0566. The van der Waals surface area contributed by atoms with E-state index >= 15 is 0 Å². The molecule has 0 aliphatic carbocycles. The Kier molecular flexibility index (Phi) is 17.2. The van der Waals surface area contributed by atoms with Crippen LogP contribution in [0.2, 0.25) is 5.02 Å². The Balaban J connectivity index is 0.000000274. The summed E-state index contributed by atoms with van der Waals surface area (Å²) in [5, 5.41) is 19.7. The van der Waals surface area contributed by atoms with Crippen LogP contribution in [0.15, 0.2) is 113 Å². The fourth-order valence-corrected chi connectivity index (χ4v) is 8.14. The van der Waals surface area contributed by atoms with Crippen LogP contribution in [0, 0.1) is 5.41 Å². The zero-order chi connectivity index (χ0) is 47.5. The Labute approximate surface area is 388 Å². The lowest BCUT2D eigenvalue weighted by atomic mass is 9.89. The summed E-state index contributed by atoms with van der Waals surface area (Å²) in [6.07, 6.45) is 4.20. The largest absolute Gasteiger partial charge is 0.508 e. The number of hydrogen-bond donors (Lipinski definition) is 7. The first-order chi connectivity index (χ1) is 30.7. The van der Waals surface area contributed by atoms with E-state index in [0.717, 1.165) is 36.8 Å². The Hall–Kier alpha value is -5.92. The number of thioether (sulfide) groups is 1. The number of phenols is 1. The number of rotatable bonds is 16. The number of halogens is 1. The Morgan fingerprint density at radius 2 is 1.51 bits per heavy atom. The number of ether oxygens (including phenoxy) is 1. The molecule has 0 saturated carbocycles. The van der Waals surface area contributed by atoms with Crippen LogP contribution in [-0.4, -0.2) is 71.2 Å². The second-order valence-corrected chi connectivity index (χ2v) is 19.9. The molecule has 2 aliphatic rings. The van der Waals surface area contributed by atoms with Crippen LogP contribution in [0.1, 0.15) is 66.4 Å². The molecular weight excluding hydrogens is 894 g/mol. The standard InChI is InChI=1S/C29H33N5O5S.C17H21ClN2O4S/c1-19-18-28-32-31-27(34(28)33-19)5-3-4-21-6-8-22(9-7-21)30-29(36)20(2)39-24-12-16-26(17-13-24)40(37,38)25-14-10-23(35)11-15-25;1-10(21)25-9-16(24)19-11-5-6-12(18)13(7-11)20-15(23)8-14(22)17(2,3)4/h6-20,27,31-33,35H,3-5H2,1-2H3,(H,30,36);5-7H,8-9H2,1-4H3,(H,19,24)(H,20,23). The van der Waals surface area contributed by atoms with E-state index in [-0.39, 0.29) is 61.6 Å². The zero-order valence-corrected chi connectivity index (χ0v) is 39.2. The number of anilines is 3. The molecular formula is C46H54ClN7O9S2. The van der Waals surface area contributed by atoms with E-state index in [0.29, 0.717) is 28.9 Å². The normalized spacial score (nSPS) is 15.9. The van der Waals surface area contributed by atoms with Gasteiger partial charge in [0.1, 0.15) is 29.3 Å². The molecule has 3 atom stereocenters. The van der Waals surface area contributed by atoms with Crippen molar-refractivity contribution in [2.24, 2.45) is 5.41 Å². The molecule has 0 radical (unpaired) electrons. The second kappa shape index (κ2) is 22.3. The van der Waals surface area contributed by atoms with Gasteiger partial charge in [0.15, 0.2) is 11.2 Å². The van der Waals surface area contributed by atoms with Crippen LogP contribution in [0.4, 0.5) is 17.1 Å². The summed E-state index contributed by atoms with van der Waals surface area (Å²) in [6, 6.07) is 23.9. The number of carbonyl (C=O) groups is 5. The Morgan fingerprint density at radius 1 is 0.877 bits per heavy atom. The molecule has 3 unspecified atom stereocenters. The van der Waals surface area contributed by atoms with E-state index in [1.54, 1.807) is 33.8 Å². The molecule has 2 heterocycles. The maximum atomic E-state index is 12.8. The predicted molar refractivity (Wildman–Crippen MR) is 252 cm³/mol. The van der Waals surface area contributed by atoms with Gasteiger partial charge in [0.2, 0.25) is 21.7 Å². The third-order valence-corrected chi connectivity index (χ3v) is 12.8. The first kappa shape index (κ1) is 50.1. The molecule has 7 N–H and O–H groups in total. The smallest absolute Gasteiger partial charge is 0.265 e. The third kappa shape index (κ3) is 14.8. The van der Waals surface area contributed by atoms with Gasteiger partial charge in [-0.1, -0.05) is 56.3 Å². The molecule has 1 fully saturated rings. The molecule has 346 valence electrons. The van der Waals surface area contributed by atoms with Gasteiger partial charge in [0.05, 0.1) is 32.7 Å². The third-order valence-electron chi connectivity index (χ3n) is 9.90. The summed E-state index contributed by atoms with van der Waals surface area (Å²) in [6.45, 7) is 10.4. The van der Waals surface area contributed by atoms with Gasteiger partial charge in [-0.3, -0.25) is 29.0 Å². The van der Waals surface area contributed by atoms with Gasteiger partial charge in [-0.25, -0.2) is 19.3 Å². The lowest BCUT2D eigenvalue weighted by molar-refractivity contribution is -0.130. The number of ketones is 1. The monoisotopic (exact) mass is 947 g/mol. The fraction of sp³-hybridized carbons (Fsp3) is 0.326. The van der Waals surface area contributed by atoms with E-state index in [9.17, 15) is 37.5 Å². The van der Waals surface area contributed by atoms with Gasteiger partial charge >= 0.3 is 0 Å². The first-order valence-electron chi connectivity index (χ1n) is 20.7. The highest BCUT2D eigenvalue weighted by atomic mass is 35.5. The maximum absolute atomic E-state index is 12.8. The molecule has 3 amide bonds. The van der Waals surface area contributed by atoms with E-state index in [1.165, 1.54) is 73.2 Å². The van der Waals surface area contributed by atoms with Gasteiger partial charge in [-0.2, -0.15) is 0 Å². The van der Waals surface area contributed by atoms with Crippen LogP contribution >= 0.6 is 23.4 Å². The van der Waals surface area contributed by atoms with Crippen LogP contribution in [-0.2, 0) is 40.2 Å². The van der Waals surface area contributed by atoms with E-state index in [4.69, 9.17) is 16.3 Å². The average molecular weight is 949 g/mol. The minimum atomic E-state index is -3.74. The minimum Gasteiger partial charge on any atom is -0.508 e. The summed E-state index contributed by atoms with van der Waals surface area (Å²) in [5.41, 5.74) is 11.9. The van der Waals surface area contributed by atoms with Crippen molar-refractivity contribution in [1.82, 2.24) is 21.3 Å². The van der Waals surface area contributed by atoms with Crippen molar-refractivity contribution in [3.8, 4) is 11.5 Å². The highest BCUT2D eigenvalue weighted by Gasteiger charge is 2.32. The van der Waals surface area contributed by atoms with Crippen LogP contribution in [0.5, 0.6) is 11.5 Å². The van der Waals surface area contributed by atoms with Gasteiger partial charge in [-0.05, 0) is 124 Å². The number of sulfone groups is 1. The van der Waals surface area contributed by atoms with Gasteiger partial charge in [-0.15, -0.1) is 0 Å². The number of aryl methyl sites for hydroxylation is 1. The number of hydrazine groups is 2. The van der Waals surface area contributed by atoms with Gasteiger partial charge in [0.25, 0.3) is 5.91 Å². The topological polar surface area (TPSA) is 224 Å². The number of fused-ring (bicyclic) bond motifs is 1. The van der Waals surface area contributed by atoms with Crippen molar-refractivity contribution in [3.63, 3.8) is 0 Å². The first-order valence-corrected chi connectivity index (χ1v) is 23.6. The fourth-order valence-electron chi connectivity index (χ4n) is 6.31. The number of benzene rings is 4. The minimum absolute atomic E-state index is 0.000261. The molecule has 4 aromatic rings. The zero-order valence-electron chi connectivity index (χ0n) is 36.9. The summed E-state index contributed by atoms with van der Waals surface area (Å²) in [4.78, 5) is 59.4. The highest BCUT2D eigenvalue weighted by molar-refractivity contribution is 8.14. The Morgan fingerprint density at radius 3 is 2.14 bits per heavy atom. The number of hydrogen-bond acceptors (Lipinski definition) is 14.